The van der Waals surface area contributed by atoms with Gasteiger partial charge in [-0.15, -0.1) is 0 Å². The molecule has 0 aliphatic rings. The van der Waals surface area contributed by atoms with Gasteiger partial charge in [0.15, 0.2) is 6.10 Å². The van der Waals surface area contributed by atoms with Crippen molar-refractivity contribution in [1.82, 2.24) is 5.32 Å². The van der Waals surface area contributed by atoms with Crippen molar-refractivity contribution in [1.29, 1.82) is 0 Å². The number of ether oxygens (including phenoxy) is 1. The highest BCUT2D eigenvalue weighted by atomic mass is 16.5. The topological polar surface area (TPSA) is 55.4 Å². The maximum atomic E-state index is 11.7. The molecule has 19 heavy (non-hydrogen) atoms. The van der Waals surface area contributed by atoms with Crippen LogP contribution in [0.15, 0.2) is 42.5 Å². The lowest BCUT2D eigenvalue weighted by molar-refractivity contribution is -0.150. The molecule has 1 rings (SSSR count). The van der Waals surface area contributed by atoms with Crippen LogP contribution in [-0.2, 0) is 20.7 Å². The van der Waals surface area contributed by atoms with Gasteiger partial charge in [0.25, 0.3) is 5.91 Å². The second-order valence-electron chi connectivity index (χ2n) is 4.11. The van der Waals surface area contributed by atoms with Gasteiger partial charge in [0.05, 0.1) is 0 Å². The van der Waals surface area contributed by atoms with Crippen molar-refractivity contribution < 1.29 is 14.3 Å². The van der Waals surface area contributed by atoms with Crippen LogP contribution in [0.2, 0.25) is 0 Å². The highest BCUT2D eigenvalue weighted by Crippen LogP contribution is 1.99. The van der Waals surface area contributed by atoms with Crippen LogP contribution in [0, 0.1) is 0 Å². The Hall–Kier alpha value is -2.10. The van der Waals surface area contributed by atoms with E-state index in [9.17, 15) is 9.59 Å². The molecule has 1 amide bonds. The molecule has 1 atom stereocenters. The van der Waals surface area contributed by atoms with Crippen LogP contribution < -0.4 is 5.32 Å². The molecule has 0 radical (unpaired) electrons. The minimum Gasteiger partial charge on any atom is -0.449 e. The normalized spacial score (nSPS) is 12.1. The first-order chi connectivity index (χ1) is 9.13. The highest BCUT2D eigenvalue weighted by Gasteiger charge is 2.15. The third kappa shape index (κ3) is 5.86. The zero-order valence-corrected chi connectivity index (χ0v) is 11.3. The van der Waals surface area contributed by atoms with Gasteiger partial charge in [-0.2, -0.15) is 0 Å². The van der Waals surface area contributed by atoms with Crippen LogP contribution in [0.1, 0.15) is 19.4 Å². The molecule has 1 unspecified atom stereocenters. The lowest BCUT2D eigenvalue weighted by Crippen LogP contribution is -2.36. The summed E-state index contributed by atoms with van der Waals surface area (Å²) < 4.78 is 4.92. The maximum Gasteiger partial charge on any atom is 0.331 e. The average Bonchev–Trinajstić information content (AvgIpc) is 2.40. The molecule has 0 spiro atoms. The van der Waals surface area contributed by atoms with Crippen LogP contribution in [0.25, 0.3) is 0 Å². The Kier molecular flexibility index (Phi) is 6.36. The second-order valence-corrected chi connectivity index (χ2v) is 4.11. The van der Waals surface area contributed by atoms with Crippen LogP contribution in [0.5, 0.6) is 0 Å². The van der Waals surface area contributed by atoms with E-state index in [-0.39, 0.29) is 5.91 Å². The number of carbonyl (C=O) groups excluding carboxylic acids is 2. The van der Waals surface area contributed by atoms with Gasteiger partial charge in [-0.05, 0) is 25.8 Å². The molecule has 0 aliphatic heterocycles. The minimum absolute atomic E-state index is 0.284. The van der Waals surface area contributed by atoms with E-state index in [1.807, 2.05) is 30.3 Å². The summed E-state index contributed by atoms with van der Waals surface area (Å²) in [4.78, 5) is 22.8. The van der Waals surface area contributed by atoms with Crippen molar-refractivity contribution in [2.75, 3.05) is 6.54 Å². The van der Waals surface area contributed by atoms with E-state index in [4.69, 9.17) is 4.74 Å². The molecule has 0 fully saturated rings. The predicted octanol–water partition coefficient (Wildman–Crippen LogP) is 1.85. The second kappa shape index (κ2) is 8.08. The number of esters is 1. The van der Waals surface area contributed by atoms with E-state index in [0.29, 0.717) is 6.54 Å². The molecule has 0 aliphatic carbocycles. The Morgan fingerprint density at radius 3 is 2.63 bits per heavy atom. The fourth-order valence-electron chi connectivity index (χ4n) is 1.52. The third-order valence-electron chi connectivity index (χ3n) is 2.52. The van der Waals surface area contributed by atoms with Gasteiger partial charge in [-0.3, -0.25) is 4.79 Å². The summed E-state index contributed by atoms with van der Waals surface area (Å²) in [5.74, 6) is -0.790. The molecule has 0 saturated heterocycles. The smallest absolute Gasteiger partial charge is 0.331 e. The third-order valence-corrected chi connectivity index (χ3v) is 2.52. The first-order valence-electron chi connectivity index (χ1n) is 6.28. The summed E-state index contributed by atoms with van der Waals surface area (Å²) in [6.07, 6.45) is 2.83. The first kappa shape index (κ1) is 15.0. The number of hydrogen-bond donors (Lipinski definition) is 1. The molecule has 0 saturated carbocycles. The number of hydrogen-bond acceptors (Lipinski definition) is 3. The van der Waals surface area contributed by atoms with E-state index in [2.05, 4.69) is 5.32 Å². The molecular weight excluding hydrogens is 242 g/mol. The number of nitrogens with one attached hydrogen (secondary N) is 1. The summed E-state index contributed by atoms with van der Waals surface area (Å²) in [5, 5.41) is 2.74. The summed E-state index contributed by atoms with van der Waals surface area (Å²) in [6, 6.07) is 9.87. The molecule has 0 aromatic heterocycles. The van der Waals surface area contributed by atoms with E-state index >= 15 is 0 Å². The SMILES string of the molecule is C/C=C/C(=O)OC(C)C(=O)NCCc1ccccc1. The van der Waals surface area contributed by atoms with E-state index < -0.39 is 12.1 Å². The Labute approximate surface area is 113 Å². The van der Waals surface area contributed by atoms with Crippen LogP contribution >= 0.6 is 0 Å². The molecule has 1 aromatic rings. The maximum absolute atomic E-state index is 11.7. The van der Waals surface area contributed by atoms with Crippen molar-refractivity contribution in [3.8, 4) is 0 Å². The molecule has 1 N–H and O–H groups in total. The Morgan fingerprint density at radius 1 is 1.32 bits per heavy atom. The molecule has 4 heteroatoms. The molecular formula is C15H19NO3. The zero-order valence-electron chi connectivity index (χ0n) is 11.3. The minimum atomic E-state index is -0.778. The summed E-state index contributed by atoms with van der Waals surface area (Å²) in [7, 11) is 0. The largest absolute Gasteiger partial charge is 0.449 e. The van der Waals surface area contributed by atoms with Gasteiger partial charge in [0, 0.05) is 12.6 Å². The van der Waals surface area contributed by atoms with Crippen molar-refractivity contribution in [3.63, 3.8) is 0 Å². The number of benzene rings is 1. The Morgan fingerprint density at radius 2 is 2.00 bits per heavy atom. The number of allylic oxidation sites excluding steroid dienone is 1. The van der Waals surface area contributed by atoms with Crippen molar-refractivity contribution in [3.05, 3.63) is 48.0 Å². The first-order valence-corrected chi connectivity index (χ1v) is 6.28. The van der Waals surface area contributed by atoms with Gasteiger partial charge in [-0.25, -0.2) is 4.79 Å². The van der Waals surface area contributed by atoms with E-state index in [1.54, 1.807) is 19.9 Å². The van der Waals surface area contributed by atoms with Gasteiger partial charge < -0.3 is 10.1 Å². The lowest BCUT2D eigenvalue weighted by Gasteiger charge is -2.12. The van der Waals surface area contributed by atoms with Crippen LogP contribution in [0.4, 0.5) is 0 Å². The quantitative estimate of drug-likeness (QED) is 0.628. The van der Waals surface area contributed by atoms with Gasteiger partial charge in [0.2, 0.25) is 0 Å². The fraction of sp³-hybridized carbons (Fsp3) is 0.333. The number of amides is 1. The predicted molar refractivity (Wildman–Crippen MR) is 73.5 cm³/mol. The van der Waals surface area contributed by atoms with Crippen molar-refractivity contribution in [2.45, 2.75) is 26.4 Å². The monoisotopic (exact) mass is 261 g/mol. The van der Waals surface area contributed by atoms with Gasteiger partial charge >= 0.3 is 5.97 Å². The fourth-order valence-corrected chi connectivity index (χ4v) is 1.52. The Bertz CT molecular complexity index is 440. The standard InChI is InChI=1S/C15H19NO3/c1-3-7-14(17)19-12(2)15(18)16-11-10-13-8-5-4-6-9-13/h3-9,12H,10-11H2,1-2H3,(H,16,18)/b7-3+. The van der Waals surface area contributed by atoms with E-state index in [0.717, 1.165) is 12.0 Å². The van der Waals surface area contributed by atoms with Crippen LogP contribution in [-0.4, -0.2) is 24.5 Å². The van der Waals surface area contributed by atoms with Gasteiger partial charge in [-0.1, -0.05) is 36.4 Å². The molecule has 0 heterocycles. The molecule has 1 aromatic carbocycles. The summed E-state index contributed by atoms with van der Waals surface area (Å²) >= 11 is 0. The average molecular weight is 261 g/mol. The highest BCUT2D eigenvalue weighted by molar-refractivity contribution is 5.87. The summed E-state index contributed by atoms with van der Waals surface area (Å²) in [6.45, 7) is 3.79. The van der Waals surface area contributed by atoms with Crippen molar-refractivity contribution in [2.24, 2.45) is 0 Å². The number of carbonyl (C=O) groups is 2. The summed E-state index contributed by atoms with van der Waals surface area (Å²) in [5.41, 5.74) is 1.15. The molecule has 102 valence electrons. The molecule has 0 bridgehead atoms. The molecule has 4 nitrogen and oxygen atoms in total. The van der Waals surface area contributed by atoms with E-state index in [1.165, 1.54) is 6.08 Å². The van der Waals surface area contributed by atoms with Gasteiger partial charge in [0.1, 0.15) is 0 Å². The van der Waals surface area contributed by atoms with Crippen molar-refractivity contribution >= 4 is 11.9 Å². The Balaban J connectivity index is 2.29. The number of rotatable bonds is 6. The zero-order chi connectivity index (χ0) is 14.1. The van der Waals surface area contributed by atoms with Crippen LogP contribution in [0.3, 0.4) is 0 Å². The lowest BCUT2D eigenvalue weighted by atomic mass is 10.1.